The van der Waals surface area contributed by atoms with E-state index in [-0.39, 0.29) is 11.5 Å². The van der Waals surface area contributed by atoms with Crippen molar-refractivity contribution in [3.8, 4) is 0 Å². The maximum absolute atomic E-state index is 12.3. The Balaban J connectivity index is 1.61. The number of nitrogens with one attached hydrogen (secondary N) is 1. The molecule has 3 rings (SSSR count). The number of amides is 1. The molecule has 0 spiro atoms. The zero-order chi connectivity index (χ0) is 20.0. The number of nitrogens with zero attached hydrogens (tertiary/aromatic N) is 3. The van der Waals surface area contributed by atoms with Crippen molar-refractivity contribution in [1.29, 1.82) is 0 Å². The minimum Gasteiger partial charge on any atom is -0.444 e. The first-order valence-electron chi connectivity index (χ1n) is 9.70. The summed E-state index contributed by atoms with van der Waals surface area (Å²) in [5.41, 5.74) is 0.564. The van der Waals surface area contributed by atoms with Crippen LogP contribution in [0.2, 0.25) is 5.15 Å². The molecule has 2 aliphatic rings. The van der Waals surface area contributed by atoms with Crippen molar-refractivity contribution in [3.05, 3.63) is 16.8 Å². The molecule has 1 aliphatic carbocycles. The van der Waals surface area contributed by atoms with Crippen LogP contribution in [-0.4, -0.2) is 45.9 Å². The van der Waals surface area contributed by atoms with E-state index in [0.29, 0.717) is 23.0 Å². The smallest absolute Gasteiger partial charge is 0.410 e. The Kier molecular flexibility index (Phi) is 5.32. The lowest BCUT2D eigenvalue weighted by Gasteiger charge is -2.26. The molecule has 3 atom stereocenters. The summed E-state index contributed by atoms with van der Waals surface area (Å²) < 4.78 is 5.51. The third-order valence-corrected chi connectivity index (χ3v) is 5.50. The van der Waals surface area contributed by atoms with Crippen molar-refractivity contribution < 1.29 is 9.53 Å². The zero-order valence-electron chi connectivity index (χ0n) is 17.2. The Morgan fingerprint density at radius 3 is 2.26 bits per heavy atom. The number of carbonyl (C=O) groups is 1. The van der Waals surface area contributed by atoms with Gasteiger partial charge in [-0.05, 0) is 56.9 Å². The van der Waals surface area contributed by atoms with E-state index in [9.17, 15) is 4.79 Å². The van der Waals surface area contributed by atoms with E-state index in [4.69, 9.17) is 16.3 Å². The number of hydrogen-bond donors (Lipinski definition) is 1. The molecule has 6 nitrogen and oxygen atoms in total. The SMILES string of the molecule is CC(C)(C)OC(=O)N1C[C@H]2CC(Nc3nnc(Cl)cc3C(C)(C)C)C[C@H]2C1. The highest BCUT2D eigenvalue weighted by atomic mass is 35.5. The first-order chi connectivity index (χ1) is 12.4. The van der Waals surface area contributed by atoms with E-state index >= 15 is 0 Å². The van der Waals surface area contributed by atoms with E-state index in [2.05, 4.69) is 36.3 Å². The predicted octanol–water partition coefficient (Wildman–Crippen LogP) is 4.48. The van der Waals surface area contributed by atoms with E-state index in [1.54, 1.807) is 0 Å². The molecule has 2 heterocycles. The minimum absolute atomic E-state index is 0.0656. The van der Waals surface area contributed by atoms with Crippen LogP contribution in [0, 0.1) is 11.8 Å². The summed E-state index contributed by atoms with van der Waals surface area (Å²) in [6, 6.07) is 2.24. The Bertz CT molecular complexity index is 697. The van der Waals surface area contributed by atoms with Crippen molar-refractivity contribution in [3.63, 3.8) is 0 Å². The number of rotatable bonds is 2. The molecule has 1 N–H and O–H groups in total. The molecule has 1 aliphatic heterocycles. The van der Waals surface area contributed by atoms with Gasteiger partial charge in [-0.25, -0.2) is 4.79 Å². The van der Waals surface area contributed by atoms with Crippen molar-refractivity contribution in [2.75, 3.05) is 18.4 Å². The lowest BCUT2D eigenvalue weighted by atomic mass is 9.87. The zero-order valence-corrected chi connectivity index (χ0v) is 17.9. The normalized spacial score (nSPS) is 25.4. The van der Waals surface area contributed by atoms with Crippen molar-refractivity contribution in [2.45, 2.75) is 71.4 Å². The van der Waals surface area contributed by atoms with Crippen LogP contribution in [0.5, 0.6) is 0 Å². The fourth-order valence-corrected chi connectivity index (χ4v) is 4.28. The van der Waals surface area contributed by atoms with Gasteiger partial charge in [0, 0.05) is 24.7 Å². The van der Waals surface area contributed by atoms with Gasteiger partial charge in [-0.2, -0.15) is 0 Å². The van der Waals surface area contributed by atoms with Crippen molar-refractivity contribution in [2.24, 2.45) is 11.8 Å². The number of carbonyl (C=O) groups excluding carboxylic acids is 1. The molecule has 1 saturated carbocycles. The van der Waals surface area contributed by atoms with E-state index in [0.717, 1.165) is 37.3 Å². The Morgan fingerprint density at radius 1 is 1.15 bits per heavy atom. The fourth-order valence-electron chi connectivity index (χ4n) is 4.13. The third-order valence-electron chi connectivity index (χ3n) is 5.32. The van der Waals surface area contributed by atoms with Gasteiger partial charge in [-0.3, -0.25) is 0 Å². The van der Waals surface area contributed by atoms with Crippen molar-refractivity contribution in [1.82, 2.24) is 15.1 Å². The summed E-state index contributed by atoms with van der Waals surface area (Å²) in [6.07, 6.45) is 1.86. The quantitative estimate of drug-likeness (QED) is 0.800. The van der Waals surface area contributed by atoms with Crippen LogP contribution in [0.4, 0.5) is 10.6 Å². The van der Waals surface area contributed by atoms with Gasteiger partial charge in [0.05, 0.1) is 0 Å². The molecule has 1 saturated heterocycles. The van der Waals surface area contributed by atoms with Crippen LogP contribution in [0.1, 0.15) is 59.9 Å². The first-order valence-corrected chi connectivity index (χ1v) is 10.1. The van der Waals surface area contributed by atoms with Gasteiger partial charge in [0.15, 0.2) is 11.0 Å². The largest absolute Gasteiger partial charge is 0.444 e. The Labute approximate surface area is 167 Å². The molecular formula is C20H31ClN4O2. The van der Waals surface area contributed by atoms with Gasteiger partial charge in [0.1, 0.15) is 5.60 Å². The molecule has 7 heteroatoms. The lowest BCUT2D eigenvalue weighted by Crippen LogP contribution is -2.36. The summed E-state index contributed by atoms with van der Waals surface area (Å²) in [7, 11) is 0. The molecule has 1 unspecified atom stereocenters. The number of aromatic nitrogens is 2. The molecule has 2 fully saturated rings. The van der Waals surface area contributed by atoms with Crippen LogP contribution < -0.4 is 5.32 Å². The summed E-state index contributed by atoms with van der Waals surface area (Å²) in [5, 5.41) is 12.3. The topological polar surface area (TPSA) is 67.3 Å². The molecule has 1 amide bonds. The highest BCUT2D eigenvalue weighted by Gasteiger charge is 2.43. The van der Waals surface area contributed by atoms with Crippen LogP contribution in [-0.2, 0) is 10.2 Å². The monoisotopic (exact) mass is 394 g/mol. The molecule has 0 bridgehead atoms. The molecular weight excluding hydrogens is 364 g/mol. The molecule has 0 aromatic carbocycles. The van der Waals surface area contributed by atoms with Gasteiger partial charge < -0.3 is 15.0 Å². The summed E-state index contributed by atoms with van der Waals surface area (Å²) >= 11 is 6.06. The summed E-state index contributed by atoms with van der Waals surface area (Å²) in [5.74, 6) is 1.84. The van der Waals surface area contributed by atoms with E-state index in [1.807, 2.05) is 31.7 Å². The van der Waals surface area contributed by atoms with Crippen molar-refractivity contribution >= 4 is 23.5 Å². The number of halogens is 1. The number of hydrogen-bond acceptors (Lipinski definition) is 5. The van der Waals surface area contributed by atoms with Gasteiger partial charge in [0.25, 0.3) is 0 Å². The summed E-state index contributed by atoms with van der Waals surface area (Å²) in [4.78, 5) is 14.2. The Hall–Kier alpha value is -1.56. The average molecular weight is 395 g/mol. The molecule has 1 aromatic heterocycles. The van der Waals surface area contributed by atoms with Crippen LogP contribution in [0.3, 0.4) is 0 Å². The second-order valence-electron chi connectivity index (χ2n) is 9.90. The maximum atomic E-state index is 12.3. The highest BCUT2D eigenvalue weighted by molar-refractivity contribution is 6.29. The molecule has 1 aromatic rings. The first kappa shape index (κ1) is 20.2. The number of ether oxygens (including phenoxy) is 1. The maximum Gasteiger partial charge on any atom is 0.410 e. The van der Waals surface area contributed by atoms with Crippen LogP contribution >= 0.6 is 11.6 Å². The van der Waals surface area contributed by atoms with Gasteiger partial charge in [0.2, 0.25) is 0 Å². The van der Waals surface area contributed by atoms with Gasteiger partial charge in [-0.15, -0.1) is 10.2 Å². The fraction of sp³-hybridized carbons (Fsp3) is 0.750. The summed E-state index contributed by atoms with van der Waals surface area (Å²) in [6.45, 7) is 13.7. The highest BCUT2D eigenvalue weighted by Crippen LogP contribution is 2.40. The lowest BCUT2D eigenvalue weighted by molar-refractivity contribution is 0.0280. The average Bonchev–Trinajstić information content (AvgIpc) is 3.04. The second-order valence-corrected chi connectivity index (χ2v) is 10.3. The third kappa shape index (κ3) is 4.84. The second kappa shape index (κ2) is 7.12. The number of likely N-dealkylation sites (tertiary alicyclic amines) is 1. The van der Waals surface area contributed by atoms with Gasteiger partial charge >= 0.3 is 6.09 Å². The van der Waals surface area contributed by atoms with E-state index in [1.165, 1.54) is 0 Å². The van der Waals surface area contributed by atoms with Crippen LogP contribution in [0.15, 0.2) is 6.07 Å². The molecule has 27 heavy (non-hydrogen) atoms. The minimum atomic E-state index is -0.449. The standard InChI is InChI=1S/C20H31ClN4O2/c1-19(2,3)15-9-16(21)23-24-17(15)22-14-7-12-10-25(11-13(12)8-14)18(26)27-20(4,5)6/h9,12-14H,7-8,10-11H2,1-6H3,(H,22,24)/t12-,13+,14?. The predicted molar refractivity (Wildman–Crippen MR) is 107 cm³/mol. The van der Waals surface area contributed by atoms with Crippen LogP contribution in [0.25, 0.3) is 0 Å². The number of anilines is 1. The Morgan fingerprint density at radius 2 is 1.74 bits per heavy atom. The van der Waals surface area contributed by atoms with Gasteiger partial charge in [-0.1, -0.05) is 32.4 Å². The molecule has 150 valence electrons. The number of fused-ring (bicyclic) bond motifs is 1. The van der Waals surface area contributed by atoms with E-state index < -0.39 is 5.60 Å². The molecule has 0 radical (unpaired) electrons.